The summed E-state index contributed by atoms with van der Waals surface area (Å²) in [6.07, 6.45) is 0.484. The fraction of sp³-hybridized carbons (Fsp3) is 0.179. The van der Waals surface area contributed by atoms with Crippen molar-refractivity contribution in [2.24, 2.45) is 0 Å². The molecule has 1 fully saturated rings. The first-order valence-corrected chi connectivity index (χ1v) is 12.4. The first kappa shape index (κ1) is 27.0. The zero-order chi connectivity index (χ0) is 27.4. The zero-order valence-electron chi connectivity index (χ0n) is 20.3. The minimum Gasteiger partial charge on any atom is -0.423 e. The van der Waals surface area contributed by atoms with Gasteiger partial charge >= 0.3 is 5.97 Å². The van der Waals surface area contributed by atoms with E-state index >= 15 is 0 Å². The van der Waals surface area contributed by atoms with Crippen LogP contribution in [0.5, 0.6) is 5.75 Å². The Morgan fingerprint density at radius 3 is 2.00 bits per heavy atom. The number of piperidine rings is 1. The Bertz CT molecular complexity index is 1400. The molecule has 0 unspecified atom stereocenters. The number of nitrogens with zero attached hydrogens (tertiary/aromatic N) is 2. The Kier molecular flexibility index (Phi) is 8.24. The molecule has 0 aliphatic carbocycles. The summed E-state index contributed by atoms with van der Waals surface area (Å²) < 4.78 is 5.36. The van der Waals surface area contributed by atoms with Crippen LogP contribution in [-0.4, -0.2) is 46.0 Å². The van der Waals surface area contributed by atoms with Gasteiger partial charge in [0.25, 0.3) is 5.91 Å². The van der Waals surface area contributed by atoms with Gasteiger partial charge in [0.2, 0.25) is 11.8 Å². The lowest BCUT2D eigenvalue weighted by Crippen LogP contribution is -2.56. The quantitative estimate of drug-likeness (QED) is 0.170. The van der Waals surface area contributed by atoms with Crippen LogP contribution in [0, 0.1) is 6.92 Å². The molecule has 4 rings (SSSR count). The number of ketones is 1. The van der Waals surface area contributed by atoms with Gasteiger partial charge in [0, 0.05) is 24.0 Å². The summed E-state index contributed by atoms with van der Waals surface area (Å²) in [5, 5.41) is 1.89. The third kappa shape index (κ3) is 6.10. The van der Waals surface area contributed by atoms with E-state index in [9.17, 15) is 24.0 Å². The normalized spacial score (nSPS) is 13.3. The Labute approximate surface area is 228 Å². The monoisotopic (exact) mass is 552 g/mol. The number of carbonyl (C=O) groups excluding carboxylic acids is 5. The van der Waals surface area contributed by atoms with Gasteiger partial charge in [-0.05, 0) is 67.9 Å². The van der Waals surface area contributed by atoms with Crippen molar-refractivity contribution in [1.82, 2.24) is 10.0 Å². The molecule has 0 saturated carbocycles. The SMILES string of the molecule is Cc1ccc(C(=O)Oc2ccc(C(=O)CN(C(=O)c3ccc(Cl)c(Cl)c3)N3C(=O)CCCC3=O)cc2)cc1. The Hall–Kier alpha value is -4.01. The molecule has 1 aliphatic rings. The van der Waals surface area contributed by atoms with Gasteiger partial charge in [0.1, 0.15) is 12.3 Å². The van der Waals surface area contributed by atoms with E-state index in [4.69, 9.17) is 27.9 Å². The van der Waals surface area contributed by atoms with Crippen molar-refractivity contribution in [3.8, 4) is 5.75 Å². The van der Waals surface area contributed by atoms with E-state index in [2.05, 4.69) is 0 Å². The summed E-state index contributed by atoms with van der Waals surface area (Å²) in [5.74, 6) is -2.80. The molecule has 0 aromatic heterocycles. The predicted molar refractivity (Wildman–Crippen MR) is 140 cm³/mol. The van der Waals surface area contributed by atoms with Crippen molar-refractivity contribution in [1.29, 1.82) is 0 Å². The van der Waals surface area contributed by atoms with Gasteiger partial charge in [0.15, 0.2) is 5.78 Å². The van der Waals surface area contributed by atoms with Crippen LogP contribution in [0.15, 0.2) is 66.7 Å². The predicted octanol–water partition coefficient (Wildman–Crippen LogP) is 5.30. The van der Waals surface area contributed by atoms with E-state index in [1.54, 1.807) is 24.3 Å². The maximum absolute atomic E-state index is 13.4. The first-order chi connectivity index (χ1) is 18.1. The molecule has 0 N–H and O–H groups in total. The highest BCUT2D eigenvalue weighted by atomic mass is 35.5. The number of Topliss-reactive ketones (excluding diaryl/α,β-unsaturated/α-hetero) is 1. The number of rotatable bonds is 7. The number of benzene rings is 3. The number of esters is 1. The molecule has 1 saturated heterocycles. The van der Waals surface area contributed by atoms with Crippen LogP contribution in [-0.2, 0) is 9.59 Å². The standard InChI is InChI=1S/C28H22Cl2N2O6/c1-17-5-7-19(8-6-17)28(37)38-21-12-9-18(10-13-21)24(33)16-31(32-25(34)3-2-4-26(32)35)27(36)20-11-14-22(29)23(30)15-20/h5-15H,2-4,16H2,1H3. The van der Waals surface area contributed by atoms with Crippen molar-refractivity contribution in [2.45, 2.75) is 26.2 Å². The fourth-order valence-corrected chi connectivity index (χ4v) is 4.11. The maximum Gasteiger partial charge on any atom is 0.343 e. The molecule has 0 bridgehead atoms. The lowest BCUT2D eigenvalue weighted by atomic mass is 10.1. The minimum absolute atomic E-state index is 0.0525. The summed E-state index contributed by atoms with van der Waals surface area (Å²) >= 11 is 12.0. The second kappa shape index (κ2) is 11.6. The first-order valence-electron chi connectivity index (χ1n) is 11.7. The van der Waals surface area contributed by atoms with Crippen molar-refractivity contribution >= 4 is 52.7 Å². The van der Waals surface area contributed by atoms with Crippen molar-refractivity contribution < 1.29 is 28.7 Å². The number of carbonyl (C=O) groups is 5. The molecule has 1 aliphatic heterocycles. The molecule has 3 aromatic carbocycles. The summed E-state index contributed by atoms with van der Waals surface area (Å²) in [7, 11) is 0. The molecule has 38 heavy (non-hydrogen) atoms. The van der Waals surface area contributed by atoms with Gasteiger partial charge in [-0.1, -0.05) is 40.9 Å². The summed E-state index contributed by atoms with van der Waals surface area (Å²) in [4.78, 5) is 64.1. The third-order valence-electron chi connectivity index (χ3n) is 5.86. The molecule has 194 valence electrons. The van der Waals surface area contributed by atoms with Gasteiger partial charge < -0.3 is 4.74 Å². The van der Waals surface area contributed by atoms with E-state index in [1.165, 1.54) is 42.5 Å². The molecule has 0 radical (unpaired) electrons. The van der Waals surface area contributed by atoms with E-state index in [-0.39, 0.29) is 39.8 Å². The lowest BCUT2D eigenvalue weighted by Gasteiger charge is -2.35. The largest absolute Gasteiger partial charge is 0.423 e. The molecule has 0 spiro atoms. The van der Waals surface area contributed by atoms with Gasteiger partial charge in [-0.15, -0.1) is 0 Å². The second-order valence-electron chi connectivity index (χ2n) is 8.65. The summed E-state index contributed by atoms with van der Waals surface area (Å²) in [6.45, 7) is 1.32. The smallest absolute Gasteiger partial charge is 0.343 e. The Morgan fingerprint density at radius 1 is 0.816 bits per heavy atom. The van der Waals surface area contributed by atoms with Gasteiger partial charge in [0.05, 0.1) is 15.6 Å². The number of halogens is 2. The highest BCUT2D eigenvalue weighted by molar-refractivity contribution is 6.42. The van der Waals surface area contributed by atoms with Gasteiger partial charge in [-0.3, -0.25) is 19.2 Å². The number of amides is 3. The third-order valence-corrected chi connectivity index (χ3v) is 6.60. The number of aryl methyl sites for hydroxylation is 1. The number of ether oxygens (including phenoxy) is 1. The highest BCUT2D eigenvalue weighted by Crippen LogP contribution is 2.25. The zero-order valence-corrected chi connectivity index (χ0v) is 21.8. The van der Waals surface area contributed by atoms with E-state index in [0.29, 0.717) is 12.0 Å². The highest BCUT2D eigenvalue weighted by Gasteiger charge is 2.36. The van der Waals surface area contributed by atoms with E-state index < -0.39 is 36.0 Å². The van der Waals surface area contributed by atoms with E-state index in [1.807, 2.05) is 6.92 Å². The second-order valence-corrected chi connectivity index (χ2v) is 9.46. The van der Waals surface area contributed by atoms with E-state index in [0.717, 1.165) is 15.6 Å². The van der Waals surface area contributed by atoms with Crippen molar-refractivity contribution in [3.05, 3.63) is 99.0 Å². The van der Waals surface area contributed by atoms with Crippen molar-refractivity contribution in [2.75, 3.05) is 6.54 Å². The Balaban J connectivity index is 1.54. The molecule has 8 nitrogen and oxygen atoms in total. The molecule has 1 heterocycles. The lowest BCUT2D eigenvalue weighted by molar-refractivity contribution is -0.162. The molecule has 3 amide bonds. The number of imide groups is 1. The molecular formula is C28H22Cl2N2O6. The molecule has 10 heteroatoms. The van der Waals surface area contributed by atoms with Crippen molar-refractivity contribution in [3.63, 3.8) is 0 Å². The fourth-order valence-electron chi connectivity index (χ4n) is 3.81. The van der Waals surface area contributed by atoms with Gasteiger partial charge in [-0.25, -0.2) is 9.80 Å². The van der Waals surface area contributed by atoms with Gasteiger partial charge in [-0.2, -0.15) is 5.01 Å². The topological polar surface area (TPSA) is 101 Å². The van der Waals surface area contributed by atoms with Crippen LogP contribution in [0.4, 0.5) is 0 Å². The molecule has 0 atom stereocenters. The minimum atomic E-state index is -0.760. The van der Waals surface area contributed by atoms with Crippen LogP contribution >= 0.6 is 23.2 Å². The van der Waals surface area contributed by atoms with Crippen LogP contribution in [0.25, 0.3) is 0 Å². The van der Waals surface area contributed by atoms with Crippen LogP contribution in [0.1, 0.15) is 55.9 Å². The summed E-state index contributed by atoms with van der Waals surface area (Å²) in [6, 6.07) is 16.8. The van der Waals surface area contributed by atoms with Crippen LogP contribution in [0.2, 0.25) is 10.0 Å². The Morgan fingerprint density at radius 2 is 1.39 bits per heavy atom. The average Bonchev–Trinajstić information content (AvgIpc) is 2.89. The number of hydrogen-bond donors (Lipinski definition) is 0. The number of hydrazine groups is 1. The van der Waals surface area contributed by atoms with Crippen LogP contribution < -0.4 is 4.74 Å². The average molecular weight is 553 g/mol. The number of hydrogen-bond acceptors (Lipinski definition) is 6. The summed E-state index contributed by atoms with van der Waals surface area (Å²) in [5.41, 5.74) is 1.62. The maximum atomic E-state index is 13.4. The van der Waals surface area contributed by atoms with Crippen LogP contribution in [0.3, 0.4) is 0 Å². The molecular weight excluding hydrogens is 531 g/mol. The molecule has 3 aromatic rings.